The maximum absolute atomic E-state index is 11.0. The van der Waals surface area contributed by atoms with E-state index < -0.39 is 5.54 Å². The summed E-state index contributed by atoms with van der Waals surface area (Å²) in [5.41, 5.74) is 6.37. The molecule has 1 aromatic rings. The van der Waals surface area contributed by atoms with Crippen LogP contribution in [0.15, 0.2) is 5.38 Å². The Hall–Kier alpha value is -0.940. The van der Waals surface area contributed by atoms with Gasteiger partial charge < -0.3 is 10.5 Å². The van der Waals surface area contributed by atoms with Gasteiger partial charge in [-0.05, 0) is 13.3 Å². The lowest BCUT2D eigenvalue weighted by Crippen LogP contribution is -2.31. The van der Waals surface area contributed by atoms with Gasteiger partial charge >= 0.3 is 5.97 Å². The van der Waals surface area contributed by atoms with Gasteiger partial charge in [-0.25, -0.2) is 4.98 Å². The van der Waals surface area contributed by atoms with Crippen molar-refractivity contribution in [3.8, 4) is 0 Å². The summed E-state index contributed by atoms with van der Waals surface area (Å²) in [6, 6.07) is 0. The van der Waals surface area contributed by atoms with E-state index in [2.05, 4.69) is 9.72 Å². The van der Waals surface area contributed by atoms with Crippen LogP contribution in [0.2, 0.25) is 0 Å². The van der Waals surface area contributed by atoms with Crippen LogP contribution in [0.25, 0.3) is 0 Å². The number of hydrogen-bond donors (Lipinski definition) is 1. The van der Waals surface area contributed by atoms with E-state index in [4.69, 9.17) is 5.73 Å². The molecule has 0 bridgehead atoms. The van der Waals surface area contributed by atoms with Crippen molar-refractivity contribution in [3.05, 3.63) is 16.1 Å². The molecule has 5 heteroatoms. The minimum atomic E-state index is -0.404. The Morgan fingerprint density at radius 1 is 1.73 bits per heavy atom. The molecule has 1 aromatic heterocycles. The molecule has 0 aromatic carbocycles. The molecule has 15 heavy (non-hydrogen) atoms. The third-order valence-electron chi connectivity index (χ3n) is 2.33. The lowest BCUT2D eigenvalue weighted by molar-refractivity contribution is -0.139. The Balaban J connectivity index is 2.76. The summed E-state index contributed by atoms with van der Waals surface area (Å²) >= 11 is 1.49. The van der Waals surface area contributed by atoms with Gasteiger partial charge in [-0.1, -0.05) is 6.92 Å². The molecular formula is C10H16N2O2S. The standard InChI is InChI=1S/C10H16N2O2S/c1-4-10(2,11)9-12-7(6-15-9)5-8(13)14-3/h6H,4-5,11H2,1-3H3. The predicted octanol–water partition coefficient (Wildman–Crippen LogP) is 1.44. The summed E-state index contributed by atoms with van der Waals surface area (Å²) in [7, 11) is 1.37. The summed E-state index contributed by atoms with van der Waals surface area (Å²) in [5, 5.41) is 2.72. The van der Waals surface area contributed by atoms with E-state index in [1.165, 1.54) is 18.4 Å². The average molecular weight is 228 g/mol. The van der Waals surface area contributed by atoms with Crippen LogP contribution < -0.4 is 5.73 Å². The van der Waals surface area contributed by atoms with E-state index in [0.717, 1.165) is 17.1 Å². The number of ether oxygens (including phenoxy) is 1. The van der Waals surface area contributed by atoms with Gasteiger partial charge in [-0.15, -0.1) is 11.3 Å². The van der Waals surface area contributed by atoms with Crippen molar-refractivity contribution in [1.82, 2.24) is 4.98 Å². The normalized spacial score (nSPS) is 14.7. The number of aromatic nitrogens is 1. The monoisotopic (exact) mass is 228 g/mol. The second kappa shape index (κ2) is 4.72. The number of carbonyl (C=O) groups is 1. The largest absolute Gasteiger partial charge is 0.469 e. The molecule has 1 unspecified atom stereocenters. The molecule has 4 nitrogen and oxygen atoms in total. The van der Waals surface area contributed by atoms with Crippen molar-refractivity contribution in [2.75, 3.05) is 7.11 Å². The summed E-state index contributed by atoms with van der Waals surface area (Å²) in [6.07, 6.45) is 1.03. The number of methoxy groups -OCH3 is 1. The number of rotatable bonds is 4. The summed E-state index contributed by atoms with van der Waals surface area (Å²) in [4.78, 5) is 15.4. The fraction of sp³-hybridized carbons (Fsp3) is 0.600. The molecule has 0 fully saturated rings. The van der Waals surface area contributed by atoms with Crippen LogP contribution >= 0.6 is 11.3 Å². The first-order valence-corrected chi connectivity index (χ1v) is 5.68. The highest BCUT2D eigenvalue weighted by atomic mass is 32.1. The number of thiazole rings is 1. The molecule has 84 valence electrons. The van der Waals surface area contributed by atoms with E-state index >= 15 is 0 Å². The van der Waals surface area contributed by atoms with Crippen molar-refractivity contribution in [2.45, 2.75) is 32.2 Å². The summed E-state index contributed by atoms with van der Waals surface area (Å²) in [6.45, 7) is 3.95. The zero-order valence-electron chi connectivity index (χ0n) is 9.24. The highest BCUT2D eigenvalue weighted by molar-refractivity contribution is 7.09. The lowest BCUT2D eigenvalue weighted by atomic mass is 10.0. The summed E-state index contributed by atoms with van der Waals surface area (Å²) < 4.78 is 4.57. The van der Waals surface area contributed by atoms with Crippen LogP contribution in [-0.4, -0.2) is 18.1 Å². The molecule has 0 spiro atoms. The molecule has 0 aliphatic heterocycles. The molecule has 0 radical (unpaired) electrons. The van der Waals surface area contributed by atoms with Crippen molar-refractivity contribution in [1.29, 1.82) is 0 Å². The molecule has 1 atom stereocenters. The van der Waals surface area contributed by atoms with Crippen LogP contribution in [0.4, 0.5) is 0 Å². The van der Waals surface area contributed by atoms with E-state index in [9.17, 15) is 4.79 Å². The Morgan fingerprint density at radius 2 is 2.40 bits per heavy atom. The SMILES string of the molecule is CCC(C)(N)c1nc(CC(=O)OC)cs1. The minimum absolute atomic E-state index is 0.215. The Labute approximate surface area is 93.5 Å². The number of esters is 1. The van der Waals surface area contributed by atoms with Gasteiger partial charge in [-0.2, -0.15) is 0 Å². The Morgan fingerprint density at radius 3 is 2.93 bits per heavy atom. The first kappa shape index (κ1) is 12.1. The zero-order valence-corrected chi connectivity index (χ0v) is 10.1. The van der Waals surface area contributed by atoms with Crippen LogP contribution in [0.1, 0.15) is 31.0 Å². The quantitative estimate of drug-likeness (QED) is 0.792. The van der Waals surface area contributed by atoms with Gasteiger partial charge in [-0.3, -0.25) is 4.79 Å². The van der Waals surface area contributed by atoms with Crippen molar-refractivity contribution in [3.63, 3.8) is 0 Å². The second-order valence-corrected chi connectivity index (χ2v) is 4.53. The van der Waals surface area contributed by atoms with Crippen molar-refractivity contribution < 1.29 is 9.53 Å². The van der Waals surface area contributed by atoms with Gasteiger partial charge in [0.2, 0.25) is 0 Å². The van der Waals surface area contributed by atoms with Crippen LogP contribution in [0, 0.1) is 0 Å². The Bertz CT molecular complexity index is 347. The lowest BCUT2D eigenvalue weighted by Gasteiger charge is -2.18. The van der Waals surface area contributed by atoms with Gasteiger partial charge in [0.05, 0.1) is 24.8 Å². The maximum atomic E-state index is 11.0. The molecule has 0 aliphatic rings. The fourth-order valence-electron chi connectivity index (χ4n) is 1.02. The second-order valence-electron chi connectivity index (χ2n) is 3.67. The topological polar surface area (TPSA) is 65.2 Å². The van der Waals surface area contributed by atoms with Gasteiger partial charge in [0.1, 0.15) is 5.01 Å². The number of hydrogen-bond acceptors (Lipinski definition) is 5. The first-order valence-electron chi connectivity index (χ1n) is 4.80. The van der Waals surface area contributed by atoms with Crippen LogP contribution in [0.5, 0.6) is 0 Å². The van der Waals surface area contributed by atoms with E-state index in [0.29, 0.717) is 0 Å². The summed E-state index contributed by atoms with van der Waals surface area (Å²) in [5.74, 6) is -0.276. The number of nitrogens with two attached hydrogens (primary N) is 1. The molecular weight excluding hydrogens is 212 g/mol. The molecule has 0 amide bonds. The molecule has 0 saturated heterocycles. The molecule has 0 aliphatic carbocycles. The zero-order chi connectivity index (χ0) is 11.5. The van der Waals surface area contributed by atoms with Crippen LogP contribution in [0.3, 0.4) is 0 Å². The van der Waals surface area contributed by atoms with E-state index in [1.54, 1.807) is 0 Å². The van der Waals surface area contributed by atoms with E-state index in [-0.39, 0.29) is 12.4 Å². The predicted molar refractivity (Wildman–Crippen MR) is 59.7 cm³/mol. The first-order chi connectivity index (χ1) is 6.99. The van der Waals surface area contributed by atoms with Gasteiger partial charge in [0, 0.05) is 5.38 Å². The van der Waals surface area contributed by atoms with Crippen LogP contribution in [-0.2, 0) is 21.5 Å². The highest BCUT2D eigenvalue weighted by Crippen LogP contribution is 2.24. The van der Waals surface area contributed by atoms with E-state index in [1.807, 2.05) is 19.2 Å². The minimum Gasteiger partial charge on any atom is -0.469 e. The molecule has 2 N–H and O–H groups in total. The van der Waals surface area contributed by atoms with Crippen molar-refractivity contribution in [2.24, 2.45) is 5.73 Å². The smallest absolute Gasteiger partial charge is 0.311 e. The third kappa shape index (κ3) is 3.00. The number of nitrogens with zero attached hydrogens (tertiary/aromatic N) is 1. The molecule has 1 rings (SSSR count). The molecule has 0 saturated carbocycles. The van der Waals surface area contributed by atoms with Gasteiger partial charge in [0.25, 0.3) is 0 Å². The van der Waals surface area contributed by atoms with Crippen molar-refractivity contribution >= 4 is 17.3 Å². The Kier molecular flexibility index (Phi) is 3.82. The number of carbonyl (C=O) groups excluding carboxylic acids is 1. The fourth-order valence-corrected chi connectivity index (χ4v) is 1.99. The third-order valence-corrected chi connectivity index (χ3v) is 3.50. The molecule has 1 heterocycles. The maximum Gasteiger partial charge on any atom is 0.311 e. The average Bonchev–Trinajstić information content (AvgIpc) is 2.66. The highest BCUT2D eigenvalue weighted by Gasteiger charge is 2.22. The van der Waals surface area contributed by atoms with Gasteiger partial charge in [0.15, 0.2) is 0 Å².